The molecule has 23 heavy (non-hydrogen) atoms. The normalized spacial score (nSPS) is 17.7. The van der Waals surface area contributed by atoms with Gasteiger partial charge in [0.1, 0.15) is 0 Å². The first kappa shape index (κ1) is 17.5. The fraction of sp³-hybridized carbons (Fsp3) is 0.688. The second-order valence-corrected chi connectivity index (χ2v) is 7.14. The molecule has 0 aromatic carbocycles. The van der Waals surface area contributed by atoms with Crippen LogP contribution in [-0.2, 0) is 15.1 Å². The third kappa shape index (κ3) is 3.90. The van der Waals surface area contributed by atoms with E-state index in [9.17, 15) is 14.7 Å². The molecule has 7 heteroatoms. The van der Waals surface area contributed by atoms with Gasteiger partial charge in [-0.1, -0.05) is 0 Å². The van der Waals surface area contributed by atoms with Crippen LogP contribution in [-0.4, -0.2) is 45.5 Å². The Bertz CT molecular complexity index is 595. The number of nitrogens with one attached hydrogen (secondary N) is 1. The number of carboxylic acid groups (broad SMARTS) is 1. The Hall–Kier alpha value is -1.89. The summed E-state index contributed by atoms with van der Waals surface area (Å²) < 4.78 is 7.11. The van der Waals surface area contributed by atoms with E-state index in [4.69, 9.17) is 4.74 Å². The molecule has 2 rings (SSSR count). The highest BCUT2D eigenvalue weighted by Gasteiger charge is 2.37. The lowest BCUT2D eigenvalue weighted by Crippen LogP contribution is -2.53. The number of carbonyl (C=O) groups excluding carboxylic acids is 1. The van der Waals surface area contributed by atoms with E-state index in [1.54, 1.807) is 10.9 Å². The molecule has 0 bridgehead atoms. The molecule has 1 aliphatic rings. The maximum Gasteiger partial charge on any atom is 0.305 e. The lowest BCUT2D eigenvalue weighted by atomic mass is 9.86. The summed E-state index contributed by atoms with van der Waals surface area (Å²) in [5.41, 5.74) is 0.279. The first-order valence-electron chi connectivity index (χ1n) is 7.82. The first-order valence-corrected chi connectivity index (χ1v) is 7.82. The van der Waals surface area contributed by atoms with Gasteiger partial charge in [-0.2, -0.15) is 5.10 Å². The predicted octanol–water partition coefficient (Wildman–Crippen LogP) is 1.70. The summed E-state index contributed by atoms with van der Waals surface area (Å²) in [6.07, 6.45) is 2.44. The van der Waals surface area contributed by atoms with Gasteiger partial charge in [-0.3, -0.25) is 14.3 Å². The largest absolute Gasteiger partial charge is 0.481 e. The summed E-state index contributed by atoms with van der Waals surface area (Å²) in [6, 6.07) is 0. The van der Waals surface area contributed by atoms with Crippen molar-refractivity contribution < 1.29 is 19.4 Å². The average molecular weight is 323 g/mol. The summed E-state index contributed by atoms with van der Waals surface area (Å²) in [6.45, 7) is 8.79. The van der Waals surface area contributed by atoms with E-state index in [0.717, 1.165) is 5.69 Å². The Labute approximate surface area is 136 Å². The molecule has 2 N–H and O–H groups in total. The van der Waals surface area contributed by atoms with E-state index in [0.29, 0.717) is 31.6 Å². The van der Waals surface area contributed by atoms with Crippen LogP contribution in [0.5, 0.6) is 0 Å². The zero-order valence-corrected chi connectivity index (χ0v) is 14.2. The quantitative estimate of drug-likeness (QED) is 0.879. The number of aliphatic carboxylic acids is 1. The minimum Gasteiger partial charge on any atom is -0.481 e. The van der Waals surface area contributed by atoms with Crippen LogP contribution in [0.15, 0.2) is 6.20 Å². The number of hydrogen-bond donors (Lipinski definition) is 2. The van der Waals surface area contributed by atoms with Crippen LogP contribution in [0.2, 0.25) is 0 Å². The summed E-state index contributed by atoms with van der Waals surface area (Å²) >= 11 is 0. The summed E-state index contributed by atoms with van der Waals surface area (Å²) in [4.78, 5) is 23.8. The van der Waals surface area contributed by atoms with Gasteiger partial charge >= 0.3 is 5.97 Å². The van der Waals surface area contributed by atoms with E-state index in [2.05, 4.69) is 10.4 Å². The Morgan fingerprint density at radius 3 is 2.48 bits per heavy atom. The maximum absolute atomic E-state index is 12.7. The Morgan fingerprint density at radius 2 is 2.00 bits per heavy atom. The minimum absolute atomic E-state index is 0.103. The number of nitrogens with zero attached hydrogens (tertiary/aromatic N) is 2. The van der Waals surface area contributed by atoms with Crippen LogP contribution >= 0.6 is 0 Å². The van der Waals surface area contributed by atoms with Crippen LogP contribution in [0.1, 0.15) is 56.1 Å². The van der Waals surface area contributed by atoms with E-state index in [1.807, 2.05) is 27.7 Å². The molecule has 2 heterocycles. The number of rotatable bonds is 4. The number of amides is 1. The van der Waals surface area contributed by atoms with Crippen molar-refractivity contribution in [1.82, 2.24) is 15.1 Å². The highest BCUT2D eigenvalue weighted by molar-refractivity contribution is 5.95. The molecule has 0 atom stereocenters. The second-order valence-electron chi connectivity index (χ2n) is 7.14. The van der Waals surface area contributed by atoms with Gasteiger partial charge < -0.3 is 15.2 Å². The maximum atomic E-state index is 12.7. The van der Waals surface area contributed by atoms with Gasteiger partial charge in [0, 0.05) is 18.9 Å². The van der Waals surface area contributed by atoms with Crippen LogP contribution in [0.4, 0.5) is 0 Å². The molecule has 7 nitrogen and oxygen atoms in total. The molecule has 1 saturated heterocycles. The third-order valence-corrected chi connectivity index (χ3v) is 4.21. The van der Waals surface area contributed by atoms with Crippen molar-refractivity contribution in [1.29, 1.82) is 0 Å². The Kier molecular flexibility index (Phi) is 4.79. The number of aromatic nitrogens is 2. The smallest absolute Gasteiger partial charge is 0.305 e. The molecule has 1 aromatic heterocycles. The molecular weight excluding hydrogens is 298 g/mol. The third-order valence-electron chi connectivity index (χ3n) is 4.21. The van der Waals surface area contributed by atoms with Crippen molar-refractivity contribution in [2.24, 2.45) is 0 Å². The molecule has 0 saturated carbocycles. The van der Waals surface area contributed by atoms with Gasteiger partial charge in [0.2, 0.25) is 0 Å². The van der Waals surface area contributed by atoms with Crippen molar-refractivity contribution in [2.75, 3.05) is 13.2 Å². The number of carboxylic acids is 1. The molecule has 1 fully saturated rings. The lowest BCUT2D eigenvalue weighted by Gasteiger charge is -2.36. The van der Waals surface area contributed by atoms with E-state index in [-0.39, 0.29) is 17.9 Å². The minimum atomic E-state index is -0.922. The highest BCUT2D eigenvalue weighted by Crippen LogP contribution is 2.26. The average Bonchev–Trinajstić information content (AvgIpc) is 2.80. The molecule has 1 aliphatic heterocycles. The standard InChI is InChI=1S/C16H25N3O4/c1-11-12(10-17-19(11)15(2,3)4)14(22)18-16(9-13(20)21)5-7-23-8-6-16/h10H,5-9H2,1-4H3,(H,18,22)(H,20,21). The summed E-state index contributed by atoms with van der Waals surface area (Å²) in [5.74, 6) is -1.20. The van der Waals surface area contributed by atoms with Crippen molar-refractivity contribution in [3.8, 4) is 0 Å². The van der Waals surface area contributed by atoms with Gasteiger partial charge in [0.15, 0.2) is 0 Å². The van der Waals surface area contributed by atoms with Gasteiger partial charge in [0.05, 0.1) is 29.3 Å². The second kappa shape index (κ2) is 6.31. The molecule has 1 amide bonds. The fourth-order valence-corrected chi connectivity index (χ4v) is 3.01. The number of carbonyl (C=O) groups is 2. The predicted molar refractivity (Wildman–Crippen MR) is 84.5 cm³/mol. The SMILES string of the molecule is Cc1c(C(=O)NC2(CC(=O)O)CCOCC2)cnn1C(C)(C)C. The Morgan fingerprint density at radius 1 is 1.39 bits per heavy atom. The first-order chi connectivity index (χ1) is 10.6. The molecule has 1 aromatic rings. The zero-order valence-electron chi connectivity index (χ0n) is 14.2. The van der Waals surface area contributed by atoms with Gasteiger partial charge in [0.25, 0.3) is 5.91 Å². The highest BCUT2D eigenvalue weighted by atomic mass is 16.5. The molecule has 0 unspecified atom stereocenters. The van der Waals surface area contributed by atoms with E-state index >= 15 is 0 Å². The van der Waals surface area contributed by atoms with Crippen LogP contribution < -0.4 is 5.32 Å². The molecular formula is C16H25N3O4. The monoisotopic (exact) mass is 323 g/mol. The Balaban J connectivity index is 2.22. The van der Waals surface area contributed by atoms with Gasteiger partial charge in [-0.25, -0.2) is 0 Å². The van der Waals surface area contributed by atoms with E-state index in [1.165, 1.54) is 0 Å². The van der Waals surface area contributed by atoms with Crippen molar-refractivity contribution in [3.05, 3.63) is 17.5 Å². The molecule has 0 aliphatic carbocycles. The van der Waals surface area contributed by atoms with Gasteiger partial charge in [-0.05, 0) is 40.5 Å². The summed E-state index contributed by atoms with van der Waals surface area (Å²) in [7, 11) is 0. The van der Waals surface area contributed by atoms with Crippen molar-refractivity contribution in [3.63, 3.8) is 0 Å². The van der Waals surface area contributed by atoms with Crippen LogP contribution in [0.25, 0.3) is 0 Å². The summed E-state index contributed by atoms with van der Waals surface area (Å²) in [5, 5.41) is 16.4. The zero-order chi connectivity index (χ0) is 17.3. The fourth-order valence-electron chi connectivity index (χ4n) is 3.01. The lowest BCUT2D eigenvalue weighted by molar-refractivity contribution is -0.139. The van der Waals surface area contributed by atoms with Gasteiger partial charge in [-0.15, -0.1) is 0 Å². The number of hydrogen-bond acceptors (Lipinski definition) is 4. The molecule has 0 radical (unpaired) electrons. The molecule has 128 valence electrons. The van der Waals surface area contributed by atoms with Crippen LogP contribution in [0, 0.1) is 6.92 Å². The van der Waals surface area contributed by atoms with E-state index < -0.39 is 11.5 Å². The number of ether oxygens (including phenoxy) is 1. The van der Waals surface area contributed by atoms with Crippen molar-refractivity contribution >= 4 is 11.9 Å². The topological polar surface area (TPSA) is 93.5 Å². The van der Waals surface area contributed by atoms with Crippen LogP contribution in [0.3, 0.4) is 0 Å². The van der Waals surface area contributed by atoms with Crippen molar-refractivity contribution in [2.45, 2.75) is 58.0 Å². The molecule has 0 spiro atoms.